The molecule has 202 valence electrons. The number of aliphatic imine (C=N–C) groups is 1. The van der Waals surface area contributed by atoms with Gasteiger partial charge in [0.15, 0.2) is 0 Å². The van der Waals surface area contributed by atoms with E-state index < -0.39 is 36.2 Å². The summed E-state index contributed by atoms with van der Waals surface area (Å²) in [6.07, 6.45) is -4.42. The molecule has 0 saturated carbocycles. The van der Waals surface area contributed by atoms with Crippen molar-refractivity contribution < 1.29 is 47.1 Å². The first-order valence-corrected chi connectivity index (χ1v) is 11.5. The largest absolute Gasteiger partial charge is 0.491 e. The van der Waals surface area contributed by atoms with Crippen molar-refractivity contribution in [2.24, 2.45) is 10.7 Å². The molecule has 0 amide bonds. The second-order valence-corrected chi connectivity index (χ2v) is 7.99. The second kappa shape index (κ2) is 15.4. The van der Waals surface area contributed by atoms with Crippen LogP contribution in [0.15, 0.2) is 28.6 Å². The van der Waals surface area contributed by atoms with Crippen molar-refractivity contribution >= 4 is 5.84 Å². The smallest absolute Gasteiger partial charge is 0.431 e. The van der Waals surface area contributed by atoms with Crippen LogP contribution in [0.5, 0.6) is 0 Å². The highest BCUT2D eigenvalue weighted by atomic mass is 19.4. The Morgan fingerprint density at radius 1 is 1.14 bits per heavy atom. The first-order chi connectivity index (χ1) is 16.8. The van der Waals surface area contributed by atoms with Crippen LogP contribution in [0.2, 0.25) is 0 Å². The van der Waals surface area contributed by atoms with Gasteiger partial charge in [-0.15, -0.1) is 0 Å². The monoisotopic (exact) mass is 511 g/mol. The third kappa shape index (κ3) is 10.4. The number of nitrogens with two attached hydrogens (primary N) is 1. The lowest BCUT2D eigenvalue weighted by molar-refractivity contribution is -0.159. The zero-order valence-corrected chi connectivity index (χ0v) is 19.8. The summed E-state index contributed by atoms with van der Waals surface area (Å²) in [4.78, 5) is 4.26. The fraction of sp³-hybridized carbons (Fsp3) is 0.773. The zero-order valence-electron chi connectivity index (χ0n) is 19.8. The molecular weight excluding hydrogens is 475 g/mol. The molecule has 2 aliphatic rings. The minimum atomic E-state index is -4.70. The van der Waals surface area contributed by atoms with E-state index in [1.807, 2.05) is 0 Å². The lowest BCUT2D eigenvalue weighted by Crippen LogP contribution is -2.54. The van der Waals surface area contributed by atoms with Gasteiger partial charge in [0.05, 0.1) is 39.6 Å². The predicted octanol–water partition coefficient (Wildman–Crippen LogP) is 0.633. The number of allylic oxidation sites excluding steroid dienone is 3. The van der Waals surface area contributed by atoms with Gasteiger partial charge in [-0.3, -0.25) is 4.99 Å². The molecule has 4 atom stereocenters. The van der Waals surface area contributed by atoms with Crippen molar-refractivity contribution in [1.29, 1.82) is 0 Å². The van der Waals surface area contributed by atoms with Crippen molar-refractivity contribution in [3.63, 3.8) is 0 Å². The number of amidine groups is 1. The molecule has 0 aliphatic carbocycles. The average molecular weight is 512 g/mol. The summed E-state index contributed by atoms with van der Waals surface area (Å²) in [6.45, 7) is 1.80. The van der Waals surface area contributed by atoms with Crippen molar-refractivity contribution in [3.8, 4) is 0 Å². The van der Waals surface area contributed by atoms with Crippen LogP contribution in [0.1, 0.15) is 19.3 Å². The Balaban J connectivity index is 2.01. The summed E-state index contributed by atoms with van der Waals surface area (Å²) in [5, 5.41) is 23.0. The van der Waals surface area contributed by atoms with Gasteiger partial charge >= 0.3 is 6.18 Å². The third-order valence-electron chi connectivity index (χ3n) is 5.22. The Bertz CT molecular complexity index is 719. The molecule has 0 aromatic heterocycles. The van der Waals surface area contributed by atoms with Gasteiger partial charge in [-0.2, -0.15) is 13.2 Å². The lowest BCUT2D eigenvalue weighted by atomic mass is 9.99. The number of ether oxygens (including phenoxy) is 5. The molecule has 0 radical (unpaired) electrons. The Labute approximate surface area is 202 Å². The van der Waals surface area contributed by atoms with E-state index in [1.54, 1.807) is 6.08 Å². The number of hydrogen-bond acceptors (Lipinski definition) is 9. The zero-order chi connectivity index (χ0) is 25.7. The molecule has 2 rings (SSSR count). The van der Waals surface area contributed by atoms with Crippen molar-refractivity contribution in [1.82, 2.24) is 5.32 Å². The van der Waals surface area contributed by atoms with Gasteiger partial charge in [0, 0.05) is 26.2 Å². The minimum absolute atomic E-state index is 0.0362. The summed E-state index contributed by atoms with van der Waals surface area (Å²) in [5.41, 5.74) is 4.26. The molecule has 0 bridgehead atoms. The minimum Gasteiger partial charge on any atom is -0.491 e. The fourth-order valence-electron chi connectivity index (χ4n) is 3.43. The number of methoxy groups -OCH3 is 1. The number of hydrogen-bond donors (Lipinski definition) is 4. The van der Waals surface area contributed by atoms with Crippen LogP contribution in [0.4, 0.5) is 13.2 Å². The normalized spacial score (nSPS) is 30.3. The maximum absolute atomic E-state index is 13.7. The van der Waals surface area contributed by atoms with Crippen LogP contribution in [0.3, 0.4) is 0 Å². The summed E-state index contributed by atoms with van der Waals surface area (Å²) in [6, 6.07) is -0.925. The van der Waals surface area contributed by atoms with Gasteiger partial charge in [0.25, 0.3) is 0 Å². The van der Waals surface area contributed by atoms with Crippen LogP contribution >= 0.6 is 0 Å². The van der Waals surface area contributed by atoms with Crippen LogP contribution in [0.25, 0.3) is 0 Å². The topological polar surface area (TPSA) is 137 Å². The Morgan fingerprint density at radius 2 is 1.86 bits per heavy atom. The first kappa shape index (κ1) is 29.5. The SMILES string of the molecule is COC[C@H]1OC[C@H](N=C2CCC/C=C(OCCOCCOCCN)/C=C(/C(F)(F)F)N2)[C@@H](O)[C@H]1O. The second-order valence-electron chi connectivity index (χ2n) is 7.99. The van der Waals surface area contributed by atoms with Gasteiger partial charge in [-0.05, 0) is 18.9 Å². The molecule has 1 saturated heterocycles. The van der Waals surface area contributed by atoms with E-state index in [4.69, 9.17) is 29.4 Å². The summed E-state index contributed by atoms with van der Waals surface area (Å²) in [7, 11) is 1.43. The fourth-order valence-corrected chi connectivity index (χ4v) is 3.43. The molecule has 0 spiro atoms. The van der Waals surface area contributed by atoms with Gasteiger partial charge in [0.1, 0.15) is 48.3 Å². The number of nitrogens with one attached hydrogen (secondary N) is 1. The summed E-state index contributed by atoms with van der Waals surface area (Å²) in [5.74, 6) is 0.0991. The third-order valence-corrected chi connectivity index (χ3v) is 5.22. The van der Waals surface area contributed by atoms with E-state index in [2.05, 4.69) is 10.3 Å². The standard InChI is InChI=1S/C22H36F3N3O7/c1-31-14-17-21(30)20(29)16(13-35-17)27-19-5-3-2-4-15(12-18(28-19)22(23,24)25)34-11-10-33-9-8-32-7-6-26/h4,12,16-17,20-21,29-30H,2-3,5-11,13-14,26H2,1H3,(H,27,28)/b15-4-,18-12-/t16-,17+,20+,21-/m0/s1. The van der Waals surface area contributed by atoms with Gasteiger partial charge in [0.2, 0.25) is 0 Å². The highest BCUT2D eigenvalue weighted by Gasteiger charge is 2.39. The van der Waals surface area contributed by atoms with E-state index in [9.17, 15) is 23.4 Å². The van der Waals surface area contributed by atoms with Crippen molar-refractivity contribution in [2.45, 2.75) is 49.8 Å². The van der Waals surface area contributed by atoms with Crippen LogP contribution in [0, 0.1) is 0 Å². The number of aliphatic hydroxyl groups excluding tert-OH is 2. The highest BCUT2D eigenvalue weighted by molar-refractivity contribution is 5.84. The van der Waals surface area contributed by atoms with Gasteiger partial charge < -0.3 is 44.9 Å². The van der Waals surface area contributed by atoms with Crippen molar-refractivity contribution in [2.75, 3.05) is 59.9 Å². The maximum Gasteiger partial charge on any atom is 0.431 e. The summed E-state index contributed by atoms with van der Waals surface area (Å²) < 4.78 is 67.6. The molecule has 2 aliphatic heterocycles. The number of rotatable bonds is 12. The van der Waals surface area contributed by atoms with Crippen LogP contribution < -0.4 is 11.1 Å². The van der Waals surface area contributed by atoms with E-state index in [-0.39, 0.29) is 44.4 Å². The molecule has 0 unspecified atom stereocenters. The molecule has 0 aromatic carbocycles. The van der Waals surface area contributed by atoms with Crippen LogP contribution in [-0.4, -0.2) is 106 Å². The number of aliphatic hydroxyl groups is 2. The van der Waals surface area contributed by atoms with E-state index in [1.165, 1.54) is 7.11 Å². The molecule has 2 heterocycles. The molecule has 10 nitrogen and oxygen atoms in total. The highest BCUT2D eigenvalue weighted by Crippen LogP contribution is 2.27. The lowest BCUT2D eigenvalue weighted by Gasteiger charge is -2.36. The Hall–Kier alpha value is -1.74. The van der Waals surface area contributed by atoms with Gasteiger partial charge in [-0.25, -0.2) is 0 Å². The Morgan fingerprint density at radius 3 is 2.54 bits per heavy atom. The quantitative estimate of drug-likeness (QED) is 0.278. The number of halogens is 3. The van der Waals surface area contributed by atoms with Gasteiger partial charge in [-0.1, -0.05) is 0 Å². The summed E-state index contributed by atoms with van der Waals surface area (Å²) >= 11 is 0. The maximum atomic E-state index is 13.7. The van der Waals surface area contributed by atoms with Crippen molar-refractivity contribution in [3.05, 3.63) is 23.6 Å². The molecular formula is C22H36F3N3O7. The molecule has 1 fully saturated rings. The number of nitrogens with zero attached hydrogens (tertiary/aromatic N) is 1. The van der Waals surface area contributed by atoms with E-state index in [0.29, 0.717) is 39.2 Å². The molecule has 13 heteroatoms. The molecule has 35 heavy (non-hydrogen) atoms. The average Bonchev–Trinajstić information content (AvgIpc) is 2.91. The molecule has 5 N–H and O–H groups in total. The number of alkyl halides is 3. The predicted molar refractivity (Wildman–Crippen MR) is 121 cm³/mol. The Kier molecular flexibility index (Phi) is 13.0. The molecule has 0 aromatic rings. The van der Waals surface area contributed by atoms with Crippen LogP contribution in [-0.2, 0) is 23.7 Å². The van der Waals surface area contributed by atoms with E-state index in [0.717, 1.165) is 6.08 Å². The first-order valence-electron chi connectivity index (χ1n) is 11.5. The van der Waals surface area contributed by atoms with E-state index >= 15 is 0 Å².